The van der Waals surface area contributed by atoms with Crippen LogP contribution >= 0.6 is 24.0 Å². The summed E-state index contributed by atoms with van der Waals surface area (Å²) in [4.78, 5) is 0.464. The summed E-state index contributed by atoms with van der Waals surface area (Å²) in [5.41, 5.74) is 0.310. The molecule has 0 aliphatic rings. The molecule has 1 heterocycles. The van der Waals surface area contributed by atoms with E-state index < -0.39 is 7.12 Å². The molecule has 0 bridgehead atoms. The number of thiophene rings is 1. The first kappa shape index (κ1) is 9.85. The summed E-state index contributed by atoms with van der Waals surface area (Å²) in [6.45, 7) is 0. The van der Waals surface area contributed by atoms with Crippen LogP contribution in [-0.2, 0) is 0 Å². The van der Waals surface area contributed by atoms with Gasteiger partial charge < -0.3 is 15.2 Å². The van der Waals surface area contributed by atoms with E-state index in [0.29, 0.717) is 10.4 Å². The predicted octanol–water partition coefficient (Wildman–Crippen LogP) is 0.575. The predicted molar refractivity (Wildman–Crippen MR) is 60.6 cm³/mol. The third-order valence-corrected chi connectivity index (χ3v) is 3.43. The molecule has 72 valence electrons. The van der Waals surface area contributed by atoms with Crippen molar-refractivity contribution in [2.75, 3.05) is 0 Å². The molecule has 1 aromatic heterocycles. The van der Waals surface area contributed by atoms with Crippen LogP contribution in [0.2, 0.25) is 0 Å². The van der Waals surface area contributed by atoms with Crippen LogP contribution in [0.1, 0.15) is 0 Å². The van der Waals surface area contributed by atoms with Crippen LogP contribution in [0.25, 0.3) is 10.1 Å². The highest BCUT2D eigenvalue weighted by molar-refractivity contribution is 7.80. The van der Waals surface area contributed by atoms with Gasteiger partial charge >= 0.3 is 7.12 Å². The van der Waals surface area contributed by atoms with Crippen molar-refractivity contribution < 1.29 is 15.2 Å². The normalized spacial score (nSPS) is 10.8. The first-order valence-electron chi connectivity index (χ1n) is 3.89. The van der Waals surface area contributed by atoms with Crippen molar-refractivity contribution in [1.29, 1.82) is 0 Å². The van der Waals surface area contributed by atoms with E-state index in [4.69, 9.17) is 10.0 Å². The molecule has 14 heavy (non-hydrogen) atoms. The average molecular weight is 226 g/mol. The lowest BCUT2D eigenvalue weighted by Crippen LogP contribution is -2.29. The summed E-state index contributed by atoms with van der Waals surface area (Å²) in [5.74, 6) is -0.0395. The molecule has 6 heteroatoms. The Kier molecular flexibility index (Phi) is 2.44. The van der Waals surface area contributed by atoms with Crippen LogP contribution < -0.4 is 5.46 Å². The smallest absolute Gasteiger partial charge is 0.490 e. The maximum Gasteiger partial charge on any atom is 0.490 e. The Hall–Kier alpha value is -0.685. The summed E-state index contributed by atoms with van der Waals surface area (Å²) in [6.07, 6.45) is 0. The molecule has 0 radical (unpaired) electrons. The van der Waals surface area contributed by atoms with Crippen LogP contribution in [0, 0.1) is 0 Å². The van der Waals surface area contributed by atoms with Crippen LogP contribution in [0.5, 0.6) is 5.75 Å². The minimum absolute atomic E-state index is 0.0395. The molecule has 0 amide bonds. The molecule has 0 unspecified atom stereocenters. The van der Waals surface area contributed by atoms with Gasteiger partial charge in [-0.3, -0.25) is 0 Å². The number of fused-ring (bicyclic) bond motifs is 1. The summed E-state index contributed by atoms with van der Waals surface area (Å²) in [5, 5.41) is 30.2. The lowest BCUT2D eigenvalue weighted by molar-refractivity contribution is 0.425. The summed E-state index contributed by atoms with van der Waals surface area (Å²) in [6, 6.07) is 3.11. The van der Waals surface area contributed by atoms with Gasteiger partial charge in [0.15, 0.2) is 0 Å². The van der Waals surface area contributed by atoms with Crippen LogP contribution in [0.3, 0.4) is 0 Å². The molecular weight excluding hydrogens is 219 g/mol. The van der Waals surface area contributed by atoms with Gasteiger partial charge in [0.1, 0.15) is 5.75 Å². The number of hydrogen-bond donors (Lipinski definition) is 4. The molecule has 0 atom stereocenters. The number of rotatable bonds is 1. The molecule has 2 rings (SSSR count). The second-order valence-electron chi connectivity index (χ2n) is 2.87. The number of hydrogen-bond acceptors (Lipinski definition) is 5. The summed E-state index contributed by atoms with van der Waals surface area (Å²) in [7, 11) is -1.57. The van der Waals surface area contributed by atoms with Gasteiger partial charge in [0.25, 0.3) is 0 Å². The third kappa shape index (κ3) is 1.40. The Labute approximate surface area is 90.2 Å². The molecular formula is C8H7BO3S2. The highest BCUT2D eigenvalue weighted by Gasteiger charge is 2.19. The first-order valence-corrected chi connectivity index (χ1v) is 5.22. The fourth-order valence-electron chi connectivity index (χ4n) is 1.33. The van der Waals surface area contributed by atoms with E-state index in [-0.39, 0.29) is 5.75 Å². The van der Waals surface area contributed by atoms with Crippen LogP contribution in [0.4, 0.5) is 0 Å². The van der Waals surface area contributed by atoms with E-state index in [2.05, 4.69) is 12.6 Å². The average Bonchev–Trinajstić information content (AvgIpc) is 2.59. The highest BCUT2D eigenvalue weighted by atomic mass is 32.1. The Balaban J connectivity index is 2.84. The Morgan fingerprint density at radius 3 is 2.71 bits per heavy atom. The zero-order valence-electron chi connectivity index (χ0n) is 7.01. The molecule has 0 aliphatic carbocycles. The third-order valence-electron chi connectivity index (χ3n) is 2.00. The van der Waals surface area contributed by atoms with Crippen molar-refractivity contribution in [3.63, 3.8) is 0 Å². The number of thiol groups is 1. The first-order chi connectivity index (χ1) is 6.61. The summed E-state index contributed by atoms with van der Waals surface area (Å²) >= 11 is 5.52. The lowest BCUT2D eigenvalue weighted by atomic mass is 9.79. The largest absolute Gasteiger partial charge is 0.507 e. The van der Waals surface area contributed by atoms with E-state index >= 15 is 0 Å². The van der Waals surface area contributed by atoms with E-state index in [1.54, 1.807) is 6.07 Å². The van der Waals surface area contributed by atoms with Crippen molar-refractivity contribution >= 4 is 46.6 Å². The number of benzene rings is 1. The van der Waals surface area contributed by atoms with Crippen molar-refractivity contribution in [1.82, 2.24) is 0 Å². The molecule has 0 aliphatic heterocycles. The van der Waals surface area contributed by atoms with E-state index in [1.165, 1.54) is 17.4 Å². The maximum absolute atomic E-state index is 9.47. The van der Waals surface area contributed by atoms with Crippen molar-refractivity contribution in [3.8, 4) is 5.75 Å². The maximum atomic E-state index is 9.47. The number of aromatic hydroxyl groups is 1. The quantitative estimate of drug-likeness (QED) is 0.425. The molecule has 0 fully saturated rings. The monoisotopic (exact) mass is 226 g/mol. The van der Waals surface area contributed by atoms with Gasteiger partial charge in [0.05, 0.1) is 4.90 Å². The van der Waals surface area contributed by atoms with Crippen LogP contribution in [-0.4, -0.2) is 22.3 Å². The second kappa shape index (κ2) is 3.47. The lowest BCUT2D eigenvalue weighted by Gasteiger charge is -2.05. The minimum atomic E-state index is -1.57. The van der Waals surface area contributed by atoms with Crippen LogP contribution in [0.15, 0.2) is 22.4 Å². The van der Waals surface area contributed by atoms with Gasteiger partial charge in [-0.15, -0.1) is 24.0 Å². The van der Waals surface area contributed by atoms with Gasteiger partial charge in [-0.1, -0.05) is 0 Å². The molecule has 0 spiro atoms. The highest BCUT2D eigenvalue weighted by Crippen LogP contribution is 2.32. The van der Waals surface area contributed by atoms with Gasteiger partial charge in [0, 0.05) is 15.5 Å². The molecule has 2 aromatic rings. The minimum Gasteiger partial charge on any atom is -0.507 e. The Morgan fingerprint density at radius 1 is 1.36 bits per heavy atom. The van der Waals surface area contributed by atoms with Crippen molar-refractivity contribution in [2.24, 2.45) is 0 Å². The Bertz CT molecular complexity index is 481. The number of phenolic OH excluding ortho intramolecular Hbond substituents is 1. The number of phenols is 1. The molecule has 1 aromatic carbocycles. The molecule has 0 saturated carbocycles. The topological polar surface area (TPSA) is 60.7 Å². The van der Waals surface area contributed by atoms with Gasteiger partial charge in [-0.25, -0.2) is 0 Å². The fourth-order valence-corrected chi connectivity index (χ4v) is 2.59. The fraction of sp³-hybridized carbons (Fsp3) is 0. The summed E-state index contributed by atoms with van der Waals surface area (Å²) < 4.78 is 0.739. The molecule has 3 nitrogen and oxygen atoms in total. The van der Waals surface area contributed by atoms with E-state index in [1.807, 2.05) is 5.38 Å². The van der Waals surface area contributed by atoms with Gasteiger partial charge in [-0.05, 0) is 17.5 Å². The Morgan fingerprint density at radius 2 is 2.07 bits per heavy atom. The zero-order valence-corrected chi connectivity index (χ0v) is 8.72. The standard InChI is InChI=1S/C8H7BO3S2/c10-6-3-5(9(11)12)8-4(7(6)13)1-2-14-8/h1-3,10-13H. The van der Waals surface area contributed by atoms with Crippen molar-refractivity contribution in [2.45, 2.75) is 4.90 Å². The van der Waals surface area contributed by atoms with Crippen molar-refractivity contribution in [3.05, 3.63) is 17.5 Å². The van der Waals surface area contributed by atoms with E-state index in [0.717, 1.165) is 10.1 Å². The second-order valence-corrected chi connectivity index (χ2v) is 4.23. The van der Waals surface area contributed by atoms with Gasteiger partial charge in [-0.2, -0.15) is 0 Å². The SMILES string of the molecule is OB(O)c1cc(O)c(S)c2ccsc12. The van der Waals surface area contributed by atoms with E-state index in [9.17, 15) is 5.11 Å². The zero-order chi connectivity index (χ0) is 10.3. The molecule has 3 N–H and O–H groups in total. The molecule has 0 saturated heterocycles. The van der Waals surface area contributed by atoms with Gasteiger partial charge in [0.2, 0.25) is 0 Å².